The minimum Gasteiger partial charge on any atom is -0.380 e. The minimum absolute atomic E-state index is 0.0490. The molecular weight excluding hydrogens is 450 g/mol. The van der Waals surface area contributed by atoms with Gasteiger partial charge in [0, 0.05) is 61.5 Å². The van der Waals surface area contributed by atoms with Crippen molar-refractivity contribution >= 4 is 38.3 Å². The van der Waals surface area contributed by atoms with Crippen molar-refractivity contribution in [3.05, 3.63) is 59.8 Å². The van der Waals surface area contributed by atoms with Crippen molar-refractivity contribution in [3.63, 3.8) is 0 Å². The van der Waals surface area contributed by atoms with Crippen LogP contribution in [0, 0.1) is 5.41 Å². The lowest BCUT2D eigenvalue weighted by atomic mass is 9.78. The summed E-state index contributed by atoms with van der Waals surface area (Å²) in [4.78, 5) is 32.4. The number of carbonyl (C=O) groups is 2. The van der Waals surface area contributed by atoms with Crippen LogP contribution < -0.4 is 10.6 Å². The predicted octanol–water partition coefficient (Wildman–Crippen LogP) is 2.64. The normalized spacial score (nSPS) is 17.0. The zero-order valence-electron chi connectivity index (χ0n) is 18.8. The molecule has 8 nitrogen and oxygen atoms in total. The Kier molecular flexibility index (Phi) is 5.13. The van der Waals surface area contributed by atoms with Crippen LogP contribution in [0.4, 0.5) is 0 Å². The second-order valence-corrected chi connectivity index (χ2v) is 10.2. The number of rotatable bonds is 6. The maximum Gasteiger partial charge on any atom is 0.251 e. The topological polar surface area (TPSA) is 88.0 Å². The Balaban J connectivity index is 1.13. The minimum atomic E-state index is -0.110. The van der Waals surface area contributed by atoms with Gasteiger partial charge in [-0.15, -0.1) is 0 Å². The first-order valence-electron chi connectivity index (χ1n) is 11.4. The monoisotopic (exact) mass is 475 g/mol. The first-order valence-corrected chi connectivity index (χ1v) is 12.2. The van der Waals surface area contributed by atoms with Gasteiger partial charge in [0.2, 0.25) is 0 Å². The lowest BCUT2D eigenvalue weighted by molar-refractivity contribution is -0.188. The van der Waals surface area contributed by atoms with Crippen molar-refractivity contribution in [1.29, 1.82) is 0 Å². The summed E-state index contributed by atoms with van der Waals surface area (Å²) < 4.78 is 8.38. The van der Waals surface area contributed by atoms with Crippen LogP contribution in [0.2, 0.25) is 0 Å². The number of likely N-dealkylation sites (tertiary alicyclic amines) is 1. The number of hydrogen-bond acceptors (Lipinski definition) is 6. The van der Waals surface area contributed by atoms with Crippen molar-refractivity contribution in [2.24, 2.45) is 5.41 Å². The Hall–Kier alpha value is -3.27. The first kappa shape index (κ1) is 21.3. The van der Waals surface area contributed by atoms with E-state index >= 15 is 0 Å². The molecule has 2 aromatic heterocycles. The summed E-state index contributed by atoms with van der Waals surface area (Å²) in [6.45, 7) is 5.42. The second-order valence-electron chi connectivity index (χ2n) is 9.18. The molecule has 174 valence electrons. The number of nitrogens with one attached hydrogen (secondary N) is 2. The number of carbonyl (C=O) groups excluding carboxylic acids is 2. The molecule has 0 bridgehead atoms. The highest BCUT2D eigenvalue weighted by atomic mass is 32.1. The van der Waals surface area contributed by atoms with Crippen molar-refractivity contribution in [3.8, 4) is 11.3 Å². The van der Waals surface area contributed by atoms with Gasteiger partial charge in [0.25, 0.3) is 11.8 Å². The van der Waals surface area contributed by atoms with E-state index in [1.807, 2.05) is 40.9 Å². The fraction of sp³-hybridized carbons (Fsp3) is 0.320. The molecule has 4 heterocycles. The van der Waals surface area contributed by atoms with Gasteiger partial charge in [-0.05, 0) is 30.3 Å². The van der Waals surface area contributed by atoms with Crippen molar-refractivity contribution < 1.29 is 14.3 Å². The average Bonchev–Trinajstić information content (AvgIpc) is 3.36. The van der Waals surface area contributed by atoms with Crippen LogP contribution in [0.25, 0.3) is 26.4 Å². The third-order valence-electron chi connectivity index (χ3n) is 6.67. The maximum absolute atomic E-state index is 12.7. The van der Waals surface area contributed by atoms with Crippen molar-refractivity contribution in [2.75, 3.05) is 46.4 Å². The summed E-state index contributed by atoms with van der Waals surface area (Å²) in [6, 6.07) is 13.2. The molecule has 2 saturated heterocycles. The van der Waals surface area contributed by atoms with Gasteiger partial charge < -0.3 is 20.3 Å². The molecule has 2 aromatic carbocycles. The fourth-order valence-electron chi connectivity index (χ4n) is 4.78. The van der Waals surface area contributed by atoms with E-state index in [2.05, 4.69) is 15.5 Å². The number of imidazole rings is 1. The number of hydrogen-bond donors (Lipinski definition) is 2. The van der Waals surface area contributed by atoms with Crippen LogP contribution in [-0.2, 0) is 4.74 Å². The second kappa shape index (κ2) is 8.19. The Morgan fingerprint density at radius 2 is 1.85 bits per heavy atom. The van der Waals surface area contributed by atoms with Gasteiger partial charge in [0.1, 0.15) is 0 Å². The van der Waals surface area contributed by atoms with Crippen molar-refractivity contribution in [2.45, 2.75) is 0 Å². The van der Waals surface area contributed by atoms with Gasteiger partial charge in [0.15, 0.2) is 4.96 Å². The van der Waals surface area contributed by atoms with E-state index in [1.54, 1.807) is 30.5 Å². The standard InChI is InChI=1S/C25H25N5O3S/c1-26-22(31)17-4-2-16(3-5-17)19-11-30-20-7-6-18(10-21(20)34-24(30)28-19)23(32)27-8-9-29-12-25(13-29)14-33-15-25/h2-7,10-11H,8-9,12-15H2,1H3,(H,26,31)(H,27,32). The van der Waals surface area contributed by atoms with Crippen LogP contribution in [0.3, 0.4) is 0 Å². The highest BCUT2D eigenvalue weighted by Gasteiger charge is 2.48. The SMILES string of the molecule is CNC(=O)c1ccc(-c2cn3c(n2)sc2cc(C(=O)NCCN4CC5(COC5)C4)ccc23)cc1. The Labute approximate surface area is 200 Å². The summed E-state index contributed by atoms with van der Waals surface area (Å²) in [5.74, 6) is -0.159. The van der Waals surface area contributed by atoms with E-state index in [4.69, 9.17) is 9.72 Å². The van der Waals surface area contributed by atoms with Gasteiger partial charge in [-0.3, -0.25) is 14.0 Å². The third kappa shape index (κ3) is 3.66. The number of amides is 2. The number of benzene rings is 2. The van der Waals surface area contributed by atoms with Gasteiger partial charge in [-0.1, -0.05) is 23.5 Å². The number of fused-ring (bicyclic) bond motifs is 3. The van der Waals surface area contributed by atoms with Gasteiger partial charge >= 0.3 is 0 Å². The van der Waals surface area contributed by atoms with Gasteiger partial charge in [0.05, 0.1) is 29.1 Å². The number of thiazole rings is 1. The summed E-state index contributed by atoms with van der Waals surface area (Å²) >= 11 is 1.56. The van der Waals surface area contributed by atoms with Crippen molar-refractivity contribution in [1.82, 2.24) is 24.9 Å². The highest BCUT2D eigenvalue weighted by molar-refractivity contribution is 7.23. The summed E-state index contributed by atoms with van der Waals surface area (Å²) in [7, 11) is 1.62. The largest absolute Gasteiger partial charge is 0.380 e. The van der Waals surface area contributed by atoms with E-state index in [-0.39, 0.29) is 11.8 Å². The molecule has 1 spiro atoms. The third-order valence-corrected chi connectivity index (χ3v) is 7.69. The zero-order chi connectivity index (χ0) is 23.3. The Morgan fingerprint density at radius 3 is 2.56 bits per heavy atom. The zero-order valence-corrected chi connectivity index (χ0v) is 19.7. The molecular formula is C25H25N5O3S. The van der Waals surface area contributed by atoms with E-state index in [1.165, 1.54) is 0 Å². The lowest BCUT2D eigenvalue weighted by Crippen LogP contribution is -2.66. The number of ether oxygens (including phenoxy) is 1. The molecule has 0 atom stereocenters. The molecule has 2 N–H and O–H groups in total. The summed E-state index contributed by atoms with van der Waals surface area (Å²) in [5, 5.41) is 5.67. The molecule has 0 saturated carbocycles. The van der Waals surface area contributed by atoms with Gasteiger partial charge in [-0.2, -0.15) is 0 Å². The number of nitrogens with zero attached hydrogens (tertiary/aromatic N) is 3. The quantitative estimate of drug-likeness (QED) is 0.448. The van der Waals surface area contributed by atoms with Crippen LogP contribution in [0.1, 0.15) is 20.7 Å². The first-order chi connectivity index (χ1) is 16.5. The van der Waals surface area contributed by atoms with Crippen LogP contribution in [0.5, 0.6) is 0 Å². The van der Waals surface area contributed by atoms with Crippen LogP contribution in [-0.4, -0.2) is 72.5 Å². The molecule has 34 heavy (non-hydrogen) atoms. The number of aromatic nitrogens is 2. The fourth-order valence-corrected chi connectivity index (χ4v) is 5.83. The molecule has 0 aliphatic carbocycles. The van der Waals surface area contributed by atoms with E-state index < -0.39 is 0 Å². The summed E-state index contributed by atoms with van der Waals surface area (Å²) in [5.41, 5.74) is 4.50. The predicted molar refractivity (Wildman–Crippen MR) is 131 cm³/mol. The molecule has 0 unspecified atom stereocenters. The van der Waals surface area contributed by atoms with Gasteiger partial charge in [-0.25, -0.2) is 4.98 Å². The molecule has 2 amide bonds. The summed E-state index contributed by atoms with van der Waals surface area (Å²) in [6.07, 6.45) is 2.00. The average molecular weight is 476 g/mol. The molecule has 4 aromatic rings. The molecule has 2 aliphatic heterocycles. The van der Waals surface area contributed by atoms with Crippen LogP contribution in [0.15, 0.2) is 48.7 Å². The molecule has 2 aliphatic rings. The lowest BCUT2D eigenvalue weighted by Gasteiger charge is -2.55. The molecule has 9 heteroatoms. The van der Waals surface area contributed by atoms with Crippen LogP contribution >= 0.6 is 11.3 Å². The maximum atomic E-state index is 12.7. The Morgan fingerprint density at radius 1 is 1.09 bits per heavy atom. The van der Waals surface area contributed by atoms with E-state index in [9.17, 15) is 9.59 Å². The molecule has 2 fully saturated rings. The smallest absolute Gasteiger partial charge is 0.251 e. The van der Waals surface area contributed by atoms with E-state index in [0.29, 0.717) is 23.1 Å². The molecule has 6 rings (SSSR count). The highest BCUT2D eigenvalue weighted by Crippen LogP contribution is 2.37. The molecule has 0 radical (unpaired) electrons. The van der Waals surface area contributed by atoms with E-state index in [0.717, 1.165) is 59.3 Å². The Bertz CT molecular complexity index is 1400.